The highest BCUT2D eigenvalue weighted by molar-refractivity contribution is 7.87. The number of amides is 2. The van der Waals surface area contributed by atoms with Gasteiger partial charge in [-0.15, -0.1) is 0 Å². The van der Waals surface area contributed by atoms with E-state index in [2.05, 4.69) is 31.7 Å². The van der Waals surface area contributed by atoms with Gasteiger partial charge in [-0.05, 0) is 55.9 Å². The van der Waals surface area contributed by atoms with Gasteiger partial charge in [-0.3, -0.25) is 14.5 Å². The predicted molar refractivity (Wildman–Crippen MR) is 174 cm³/mol. The summed E-state index contributed by atoms with van der Waals surface area (Å²) in [7, 11) is -0.146. The highest BCUT2D eigenvalue weighted by Gasteiger charge is 2.30. The third kappa shape index (κ3) is 7.75. The first-order valence-corrected chi connectivity index (χ1v) is 15.9. The molecule has 1 saturated heterocycles. The molecule has 1 fully saturated rings. The number of rotatable bonds is 9. The fraction of sp³-hybridized carbons (Fsp3) is 0.281. The Morgan fingerprint density at radius 2 is 1.62 bits per heavy atom. The number of anilines is 3. The van der Waals surface area contributed by atoms with E-state index < -0.39 is 16.1 Å². The van der Waals surface area contributed by atoms with Crippen molar-refractivity contribution in [1.82, 2.24) is 9.80 Å². The first kappa shape index (κ1) is 33.3. The van der Waals surface area contributed by atoms with Gasteiger partial charge >= 0.3 is 16.1 Å². The molecule has 13 heteroatoms. The molecule has 0 bridgehead atoms. The summed E-state index contributed by atoms with van der Waals surface area (Å²) < 4.78 is 28.2. The first-order valence-electron chi connectivity index (χ1n) is 14.3. The van der Waals surface area contributed by atoms with Crippen LogP contribution in [0.1, 0.15) is 28.4 Å². The molecule has 0 spiro atoms. The number of carbonyl (C=O) groups is 3. The smallest absolute Gasteiger partial charge is 0.353 e. The van der Waals surface area contributed by atoms with Crippen molar-refractivity contribution in [3.63, 3.8) is 0 Å². The molecule has 3 aromatic carbocycles. The number of benzene rings is 3. The molecule has 3 aromatic rings. The van der Waals surface area contributed by atoms with Gasteiger partial charge in [0.05, 0.1) is 34.8 Å². The summed E-state index contributed by atoms with van der Waals surface area (Å²) in [6.45, 7) is 5.34. The SMILES string of the molecule is CCS(=O)(=O)OC(=O)c1ccc2c(c1)NC(=O)/C2=C(\Nc1ccc(N(C)C(=O)CN2CCN(C)CC2)cc1)c1ccccc1.O. The van der Waals surface area contributed by atoms with Crippen molar-refractivity contribution < 1.29 is 32.5 Å². The number of hydrogen-bond donors (Lipinski definition) is 2. The minimum atomic E-state index is -3.99. The quantitative estimate of drug-likeness (QED) is 0.266. The van der Waals surface area contributed by atoms with Gasteiger partial charge in [-0.25, -0.2) is 4.79 Å². The van der Waals surface area contributed by atoms with E-state index in [1.807, 2.05) is 54.6 Å². The first-order chi connectivity index (χ1) is 21.0. The maximum absolute atomic E-state index is 13.3. The molecule has 0 saturated carbocycles. The van der Waals surface area contributed by atoms with Crippen LogP contribution in [0.4, 0.5) is 17.1 Å². The van der Waals surface area contributed by atoms with E-state index in [0.717, 1.165) is 37.4 Å². The second-order valence-electron chi connectivity index (χ2n) is 10.8. The van der Waals surface area contributed by atoms with Gasteiger partial charge < -0.3 is 30.1 Å². The average molecular weight is 636 g/mol. The highest BCUT2D eigenvalue weighted by atomic mass is 32.2. The number of carbonyl (C=O) groups excluding carboxylic acids is 3. The number of nitrogens with zero attached hydrogens (tertiary/aromatic N) is 3. The van der Waals surface area contributed by atoms with Crippen LogP contribution in [0.3, 0.4) is 0 Å². The predicted octanol–water partition coefficient (Wildman–Crippen LogP) is 2.51. The Morgan fingerprint density at radius 3 is 2.27 bits per heavy atom. The van der Waals surface area contributed by atoms with Crippen LogP contribution >= 0.6 is 0 Å². The van der Waals surface area contributed by atoms with E-state index in [1.54, 1.807) is 18.0 Å². The number of hydrogen-bond acceptors (Lipinski definition) is 9. The van der Waals surface area contributed by atoms with Crippen LogP contribution in [0.15, 0.2) is 72.8 Å². The summed E-state index contributed by atoms with van der Waals surface area (Å²) in [6, 6.07) is 21.2. The molecule has 2 aliphatic rings. The second-order valence-corrected chi connectivity index (χ2v) is 12.6. The van der Waals surface area contributed by atoms with Crippen molar-refractivity contribution in [3.8, 4) is 0 Å². The van der Waals surface area contributed by atoms with Crippen molar-refractivity contribution >= 4 is 56.2 Å². The molecule has 2 amide bonds. The monoisotopic (exact) mass is 635 g/mol. The van der Waals surface area contributed by atoms with Gasteiger partial charge in [-0.1, -0.05) is 36.4 Å². The van der Waals surface area contributed by atoms with Crippen LogP contribution in [0.5, 0.6) is 0 Å². The lowest BCUT2D eigenvalue weighted by atomic mass is 9.99. The Hall–Kier alpha value is -4.56. The summed E-state index contributed by atoms with van der Waals surface area (Å²) in [6.07, 6.45) is 0. The number of likely N-dealkylation sites (N-methyl/N-ethyl adjacent to an activating group) is 2. The second kappa shape index (κ2) is 14.0. The van der Waals surface area contributed by atoms with Crippen LogP contribution in [0, 0.1) is 0 Å². The summed E-state index contributed by atoms with van der Waals surface area (Å²) >= 11 is 0. The van der Waals surface area contributed by atoms with E-state index in [1.165, 1.54) is 19.1 Å². The molecule has 4 N–H and O–H groups in total. The van der Waals surface area contributed by atoms with Gasteiger partial charge in [0, 0.05) is 50.2 Å². The lowest BCUT2D eigenvalue weighted by Gasteiger charge is -2.32. The minimum Gasteiger partial charge on any atom is -0.412 e. The fourth-order valence-corrected chi connectivity index (χ4v) is 5.46. The van der Waals surface area contributed by atoms with Gasteiger partial charge in [0.1, 0.15) is 0 Å². The zero-order valence-corrected chi connectivity index (χ0v) is 26.2. The van der Waals surface area contributed by atoms with Gasteiger partial charge in [0.15, 0.2) is 0 Å². The lowest BCUT2D eigenvalue weighted by molar-refractivity contribution is -0.119. The Kier molecular flexibility index (Phi) is 10.4. The molecule has 2 aliphatic heterocycles. The molecule has 12 nitrogen and oxygen atoms in total. The van der Waals surface area contributed by atoms with Crippen molar-refractivity contribution in [2.75, 3.05) is 68.1 Å². The molecule has 238 valence electrons. The lowest BCUT2D eigenvalue weighted by Crippen LogP contribution is -2.48. The Balaban J connectivity index is 0.00000461. The third-order valence-corrected chi connectivity index (χ3v) is 8.83. The number of nitrogens with one attached hydrogen (secondary N) is 2. The van der Waals surface area contributed by atoms with Crippen molar-refractivity contribution in [2.45, 2.75) is 6.92 Å². The van der Waals surface area contributed by atoms with E-state index in [0.29, 0.717) is 34.8 Å². The van der Waals surface area contributed by atoms with E-state index in [9.17, 15) is 22.8 Å². The summed E-state index contributed by atoms with van der Waals surface area (Å²) in [5, 5.41) is 6.16. The summed E-state index contributed by atoms with van der Waals surface area (Å²) in [4.78, 5) is 44.8. The average Bonchev–Trinajstić information content (AvgIpc) is 3.35. The van der Waals surface area contributed by atoms with Gasteiger partial charge in [0.2, 0.25) is 5.91 Å². The normalized spacial score (nSPS) is 16.2. The molecular weight excluding hydrogens is 598 g/mol. The molecule has 0 aliphatic carbocycles. The van der Waals surface area contributed by atoms with E-state index in [4.69, 9.17) is 0 Å². The largest absolute Gasteiger partial charge is 0.412 e. The zero-order valence-electron chi connectivity index (χ0n) is 25.4. The maximum atomic E-state index is 13.3. The van der Waals surface area contributed by atoms with Gasteiger partial charge in [-0.2, -0.15) is 8.42 Å². The maximum Gasteiger partial charge on any atom is 0.353 e. The highest BCUT2D eigenvalue weighted by Crippen LogP contribution is 2.38. The van der Waals surface area contributed by atoms with Crippen LogP contribution in [0.2, 0.25) is 0 Å². The molecule has 0 atom stereocenters. The molecule has 2 heterocycles. The zero-order chi connectivity index (χ0) is 31.4. The Bertz CT molecular complexity index is 1700. The number of fused-ring (bicyclic) bond motifs is 1. The molecule has 45 heavy (non-hydrogen) atoms. The van der Waals surface area contributed by atoms with E-state index >= 15 is 0 Å². The van der Waals surface area contributed by atoms with Crippen molar-refractivity contribution in [2.24, 2.45) is 0 Å². The fourth-order valence-electron chi connectivity index (χ4n) is 5.01. The third-order valence-electron chi connectivity index (χ3n) is 7.72. The molecule has 0 unspecified atom stereocenters. The van der Waals surface area contributed by atoms with E-state index in [-0.39, 0.29) is 28.6 Å². The minimum absolute atomic E-state index is 0. The molecule has 5 rings (SSSR count). The van der Waals surface area contributed by atoms with Gasteiger partial charge in [0.25, 0.3) is 5.91 Å². The molecule has 0 radical (unpaired) electrons. The van der Waals surface area contributed by atoms with Crippen LogP contribution in [0.25, 0.3) is 11.3 Å². The Labute approximate surface area is 262 Å². The van der Waals surface area contributed by atoms with Crippen LogP contribution in [-0.4, -0.2) is 94.0 Å². The van der Waals surface area contributed by atoms with Crippen LogP contribution < -0.4 is 15.5 Å². The summed E-state index contributed by atoms with van der Waals surface area (Å²) in [5.74, 6) is -1.74. The standard InChI is InChI=1S/C32H35N5O6S.H2O/c1-4-44(41,42)43-32(40)23-10-15-26-27(20-23)34-31(39)29(26)30(22-8-6-5-7-9-22)33-24-11-13-25(14-12-24)36(3)28(38)21-37-18-16-35(2)17-19-37;/h5-15,20,33H,4,16-19,21H2,1-3H3,(H,34,39);1H2/b30-29-;. The topological polar surface area (TPSA) is 160 Å². The summed E-state index contributed by atoms with van der Waals surface area (Å²) in [5.41, 5.74) is 4.00. The van der Waals surface area contributed by atoms with Crippen LogP contribution in [-0.2, 0) is 23.9 Å². The number of piperazine rings is 1. The Morgan fingerprint density at radius 1 is 0.956 bits per heavy atom. The van der Waals surface area contributed by atoms with Crippen molar-refractivity contribution in [1.29, 1.82) is 0 Å². The molecule has 0 aromatic heterocycles. The van der Waals surface area contributed by atoms with Crippen molar-refractivity contribution in [3.05, 3.63) is 89.5 Å². The molecular formula is C32H37N5O7S.